The van der Waals surface area contributed by atoms with Gasteiger partial charge in [0, 0.05) is 37.7 Å². The minimum absolute atomic E-state index is 0.154. The second-order valence-corrected chi connectivity index (χ2v) is 7.64. The van der Waals surface area contributed by atoms with Gasteiger partial charge in [-0.25, -0.2) is 0 Å². The molecule has 2 aliphatic rings. The summed E-state index contributed by atoms with van der Waals surface area (Å²) in [4.78, 5) is 30.9. The van der Waals surface area contributed by atoms with Gasteiger partial charge in [0.25, 0.3) is 0 Å². The highest BCUT2D eigenvalue weighted by Gasteiger charge is 2.41. The van der Waals surface area contributed by atoms with E-state index < -0.39 is 10.5 Å². The summed E-state index contributed by atoms with van der Waals surface area (Å²) in [6, 6.07) is 10.1. The number of ether oxygens (including phenoxy) is 1. The van der Waals surface area contributed by atoms with Gasteiger partial charge in [-0.05, 0) is 17.4 Å². The molecular weight excluding hydrogens is 362 g/mol. The first kappa shape index (κ1) is 18.4. The molecule has 2 aromatic rings. The fourth-order valence-electron chi connectivity index (χ4n) is 3.87. The zero-order valence-electron chi connectivity index (χ0n) is 15.8. The Labute approximate surface area is 162 Å². The highest BCUT2D eigenvalue weighted by atomic mass is 16.6. The van der Waals surface area contributed by atoms with E-state index in [1.54, 1.807) is 4.57 Å². The average molecular weight is 385 g/mol. The third-order valence-corrected chi connectivity index (χ3v) is 5.24. The maximum absolute atomic E-state index is 12.5. The van der Waals surface area contributed by atoms with Crippen molar-refractivity contribution >= 4 is 11.7 Å². The maximum atomic E-state index is 12.5. The number of benzene rings is 1. The molecule has 1 fully saturated rings. The Kier molecular flexibility index (Phi) is 4.76. The first-order valence-electron chi connectivity index (χ1n) is 9.36. The lowest BCUT2D eigenvalue weighted by Gasteiger charge is -2.38. The molecule has 0 aliphatic carbocycles. The number of aromatic nitrogens is 2. The van der Waals surface area contributed by atoms with E-state index in [1.165, 1.54) is 6.20 Å². The minimum Gasteiger partial charge on any atom is -0.436 e. The van der Waals surface area contributed by atoms with E-state index in [1.807, 2.05) is 42.2 Å². The molecule has 0 spiro atoms. The minimum atomic E-state index is -0.516. The lowest BCUT2D eigenvalue weighted by atomic mass is 10.1. The number of piperazine rings is 1. The molecule has 148 valence electrons. The van der Waals surface area contributed by atoms with Gasteiger partial charge in [0.05, 0.1) is 13.0 Å². The molecule has 0 radical (unpaired) electrons. The number of hydrogen-bond donors (Lipinski definition) is 0. The SMILES string of the molecule is CC1(CN2CCN(C(=O)Cc3ccccc3)CC2)Cn2cc([N+](=O)[O-])nc2O1. The van der Waals surface area contributed by atoms with Gasteiger partial charge in [0.2, 0.25) is 5.91 Å². The Hall–Kier alpha value is -2.94. The molecule has 4 rings (SSSR count). The Morgan fingerprint density at radius 1 is 1.25 bits per heavy atom. The third-order valence-electron chi connectivity index (χ3n) is 5.24. The number of fused-ring (bicyclic) bond motifs is 1. The molecule has 0 bridgehead atoms. The molecule has 28 heavy (non-hydrogen) atoms. The van der Waals surface area contributed by atoms with Crippen molar-refractivity contribution in [2.75, 3.05) is 32.7 Å². The van der Waals surface area contributed by atoms with Crippen LogP contribution in [0.15, 0.2) is 36.5 Å². The normalized spacial score (nSPS) is 22.0. The summed E-state index contributed by atoms with van der Waals surface area (Å²) >= 11 is 0. The Morgan fingerprint density at radius 2 is 1.96 bits per heavy atom. The molecule has 1 atom stereocenters. The molecule has 0 saturated carbocycles. The van der Waals surface area contributed by atoms with Crippen LogP contribution in [-0.2, 0) is 17.8 Å². The number of carbonyl (C=O) groups is 1. The Bertz CT molecular complexity index is 850. The fraction of sp³-hybridized carbons (Fsp3) is 0.474. The topological polar surface area (TPSA) is 93.7 Å². The van der Waals surface area contributed by atoms with Crippen molar-refractivity contribution < 1.29 is 14.5 Å². The summed E-state index contributed by atoms with van der Waals surface area (Å²) in [5, 5.41) is 10.8. The number of hydrogen-bond acceptors (Lipinski definition) is 6. The molecule has 9 heteroatoms. The van der Waals surface area contributed by atoms with Crippen LogP contribution in [-0.4, -0.2) is 68.5 Å². The molecule has 0 N–H and O–H groups in total. The van der Waals surface area contributed by atoms with Crippen LogP contribution in [0.25, 0.3) is 0 Å². The Morgan fingerprint density at radius 3 is 2.61 bits per heavy atom. The summed E-state index contributed by atoms with van der Waals surface area (Å²) < 4.78 is 7.60. The van der Waals surface area contributed by atoms with E-state index in [4.69, 9.17) is 4.74 Å². The monoisotopic (exact) mass is 385 g/mol. The van der Waals surface area contributed by atoms with Crippen LogP contribution in [0, 0.1) is 10.1 Å². The van der Waals surface area contributed by atoms with E-state index in [9.17, 15) is 14.9 Å². The third kappa shape index (κ3) is 3.84. The van der Waals surface area contributed by atoms with Crippen molar-refractivity contribution in [1.82, 2.24) is 19.4 Å². The van der Waals surface area contributed by atoms with Gasteiger partial charge < -0.3 is 19.8 Å². The lowest BCUT2D eigenvalue weighted by molar-refractivity contribution is -0.389. The summed E-state index contributed by atoms with van der Waals surface area (Å²) in [5.74, 6) is -0.0378. The first-order valence-corrected chi connectivity index (χ1v) is 9.36. The second kappa shape index (κ2) is 7.23. The first-order chi connectivity index (χ1) is 13.4. The number of nitrogens with zero attached hydrogens (tertiary/aromatic N) is 5. The number of nitro groups is 1. The molecule has 1 aromatic heterocycles. The molecule has 1 amide bonds. The zero-order chi connectivity index (χ0) is 19.7. The van der Waals surface area contributed by atoms with E-state index in [0.717, 1.165) is 18.7 Å². The summed E-state index contributed by atoms with van der Waals surface area (Å²) in [5.41, 5.74) is 0.554. The summed E-state index contributed by atoms with van der Waals surface area (Å²) in [7, 11) is 0. The van der Waals surface area contributed by atoms with Crippen molar-refractivity contribution in [2.45, 2.75) is 25.5 Å². The smallest absolute Gasteiger partial charge is 0.415 e. The zero-order valence-corrected chi connectivity index (χ0v) is 15.8. The standard InChI is InChI=1S/C19H23N5O4/c1-19(14-23-12-16(24(26)27)20-18(23)28-19)13-21-7-9-22(10-8-21)17(25)11-15-5-3-2-4-6-15/h2-6,12H,7-11,13-14H2,1H3. The van der Waals surface area contributed by atoms with Crippen LogP contribution in [0.4, 0.5) is 5.82 Å². The summed E-state index contributed by atoms with van der Waals surface area (Å²) in [6.45, 7) is 6.14. The molecule has 3 heterocycles. The van der Waals surface area contributed by atoms with Crippen molar-refractivity contribution in [3.8, 4) is 6.01 Å². The van der Waals surface area contributed by atoms with Crippen LogP contribution in [0.2, 0.25) is 0 Å². The van der Waals surface area contributed by atoms with Crippen molar-refractivity contribution in [3.63, 3.8) is 0 Å². The van der Waals surface area contributed by atoms with E-state index in [-0.39, 0.29) is 11.7 Å². The molecule has 1 unspecified atom stereocenters. The van der Waals surface area contributed by atoms with Crippen LogP contribution in [0.3, 0.4) is 0 Å². The van der Waals surface area contributed by atoms with Crippen LogP contribution >= 0.6 is 0 Å². The van der Waals surface area contributed by atoms with Crippen LogP contribution < -0.4 is 4.74 Å². The number of carbonyl (C=O) groups excluding carboxylic acids is 1. The largest absolute Gasteiger partial charge is 0.436 e. The van der Waals surface area contributed by atoms with Gasteiger partial charge >= 0.3 is 11.8 Å². The second-order valence-electron chi connectivity index (χ2n) is 7.64. The summed E-state index contributed by atoms with van der Waals surface area (Å²) in [6.07, 6.45) is 1.85. The molecular formula is C19H23N5O4. The molecule has 1 saturated heterocycles. The van der Waals surface area contributed by atoms with Gasteiger partial charge in [-0.3, -0.25) is 14.3 Å². The Balaban J connectivity index is 1.28. The van der Waals surface area contributed by atoms with E-state index in [0.29, 0.717) is 38.6 Å². The van der Waals surface area contributed by atoms with Gasteiger partial charge in [0.1, 0.15) is 11.8 Å². The molecule has 9 nitrogen and oxygen atoms in total. The van der Waals surface area contributed by atoms with Crippen molar-refractivity contribution in [2.24, 2.45) is 0 Å². The average Bonchev–Trinajstić information content (AvgIpc) is 3.18. The van der Waals surface area contributed by atoms with Crippen LogP contribution in [0.1, 0.15) is 12.5 Å². The predicted molar refractivity (Wildman–Crippen MR) is 101 cm³/mol. The number of imidazole rings is 1. The maximum Gasteiger partial charge on any atom is 0.415 e. The highest BCUT2D eigenvalue weighted by Crippen LogP contribution is 2.31. The quantitative estimate of drug-likeness (QED) is 0.569. The van der Waals surface area contributed by atoms with Crippen molar-refractivity contribution in [3.05, 3.63) is 52.2 Å². The molecule has 2 aliphatic heterocycles. The van der Waals surface area contributed by atoms with Crippen molar-refractivity contribution in [1.29, 1.82) is 0 Å². The fourth-order valence-corrected chi connectivity index (χ4v) is 3.87. The van der Waals surface area contributed by atoms with Crippen LogP contribution in [0.5, 0.6) is 6.01 Å². The lowest BCUT2D eigenvalue weighted by Crippen LogP contribution is -2.54. The molecule has 1 aromatic carbocycles. The van der Waals surface area contributed by atoms with Gasteiger partial charge in [0.15, 0.2) is 0 Å². The highest BCUT2D eigenvalue weighted by molar-refractivity contribution is 5.78. The van der Waals surface area contributed by atoms with E-state index >= 15 is 0 Å². The van der Waals surface area contributed by atoms with Gasteiger partial charge in [-0.15, -0.1) is 0 Å². The van der Waals surface area contributed by atoms with Gasteiger partial charge in [-0.2, -0.15) is 0 Å². The predicted octanol–water partition coefficient (Wildman–Crippen LogP) is 1.33. The van der Waals surface area contributed by atoms with Gasteiger partial charge in [-0.1, -0.05) is 30.3 Å². The number of rotatable bonds is 5. The van der Waals surface area contributed by atoms with E-state index in [2.05, 4.69) is 9.88 Å². The number of amides is 1.